The molecule has 18 heavy (non-hydrogen) atoms. The van der Waals surface area contributed by atoms with Gasteiger partial charge in [-0.1, -0.05) is 22.9 Å². The second-order valence-corrected chi connectivity index (χ2v) is 4.82. The first kappa shape index (κ1) is 15.0. The van der Waals surface area contributed by atoms with Crippen LogP contribution in [0.2, 0.25) is 0 Å². The first-order valence-corrected chi connectivity index (χ1v) is 6.62. The fraction of sp³-hybridized carbons (Fsp3) is 0.462. The summed E-state index contributed by atoms with van der Waals surface area (Å²) < 4.78 is 6.20. The third kappa shape index (κ3) is 4.66. The molecule has 0 spiro atoms. The summed E-state index contributed by atoms with van der Waals surface area (Å²) in [5, 5.41) is 8.70. The van der Waals surface area contributed by atoms with Crippen LogP contribution < -0.4 is 4.74 Å². The number of methoxy groups -OCH3 is 1. The maximum atomic E-state index is 10.6. The number of ether oxygens (including phenoxy) is 1. The van der Waals surface area contributed by atoms with Crippen LogP contribution in [0.15, 0.2) is 22.7 Å². The van der Waals surface area contributed by atoms with Gasteiger partial charge in [0.15, 0.2) is 0 Å². The Bertz CT molecular complexity index is 409. The van der Waals surface area contributed by atoms with Crippen LogP contribution in [0.3, 0.4) is 0 Å². The van der Waals surface area contributed by atoms with Crippen molar-refractivity contribution in [1.82, 2.24) is 4.90 Å². The SMILES string of the molecule is CCN(CCC(=O)O)Cc1cc(OC)ccc1Br. The van der Waals surface area contributed by atoms with Gasteiger partial charge in [0.1, 0.15) is 5.75 Å². The number of carboxylic acids is 1. The van der Waals surface area contributed by atoms with Crippen LogP contribution in [0.4, 0.5) is 0 Å². The molecule has 0 atom stereocenters. The summed E-state index contributed by atoms with van der Waals surface area (Å²) in [5.41, 5.74) is 1.10. The van der Waals surface area contributed by atoms with E-state index in [0.717, 1.165) is 22.3 Å². The Labute approximate surface area is 116 Å². The number of benzene rings is 1. The van der Waals surface area contributed by atoms with Crippen molar-refractivity contribution in [3.63, 3.8) is 0 Å². The van der Waals surface area contributed by atoms with E-state index in [1.54, 1.807) is 7.11 Å². The van der Waals surface area contributed by atoms with Gasteiger partial charge >= 0.3 is 5.97 Å². The molecule has 0 fully saturated rings. The molecule has 0 aliphatic rings. The van der Waals surface area contributed by atoms with Crippen molar-refractivity contribution in [2.75, 3.05) is 20.2 Å². The van der Waals surface area contributed by atoms with E-state index in [4.69, 9.17) is 9.84 Å². The number of hydrogen-bond acceptors (Lipinski definition) is 3. The highest BCUT2D eigenvalue weighted by molar-refractivity contribution is 9.10. The van der Waals surface area contributed by atoms with E-state index in [2.05, 4.69) is 20.8 Å². The van der Waals surface area contributed by atoms with E-state index in [0.29, 0.717) is 13.1 Å². The fourth-order valence-corrected chi connectivity index (χ4v) is 2.01. The first-order valence-electron chi connectivity index (χ1n) is 5.83. The number of hydrogen-bond donors (Lipinski definition) is 1. The fourth-order valence-electron chi connectivity index (χ4n) is 1.64. The van der Waals surface area contributed by atoms with Crippen LogP contribution >= 0.6 is 15.9 Å². The molecule has 0 saturated heterocycles. The van der Waals surface area contributed by atoms with Crippen molar-refractivity contribution < 1.29 is 14.6 Å². The highest BCUT2D eigenvalue weighted by atomic mass is 79.9. The number of halogens is 1. The van der Waals surface area contributed by atoms with E-state index in [9.17, 15) is 4.79 Å². The van der Waals surface area contributed by atoms with E-state index < -0.39 is 5.97 Å². The molecule has 1 N–H and O–H groups in total. The maximum Gasteiger partial charge on any atom is 0.304 e. The van der Waals surface area contributed by atoms with Gasteiger partial charge in [0, 0.05) is 17.6 Å². The van der Waals surface area contributed by atoms with Gasteiger partial charge in [-0.3, -0.25) is 9.69 Å². The lowest BCUT2D eigenvalue weighted by molar-refractivity contribution is -0.137. The molecule has 4 nitrogen and oxygen atoms in total. The monoisotopic (exact) mass is 315 g/mol. The summed E-state index contributed by atoms with van der Waals surface area (Å²) in [6, 6.07) is 5.80. The summed E-state index contributed by atoms with van der Waals surface area (Å²) in [6.45, 7) is 4.10. The Morgan fingerprint density at radius 2 is 2.22 bits per heavy atom. The predicted octanol–water partition coefficient (Wildman–Crippen LogP) is 2.75. The van der Waals surface area contributed by atoms with Crippen LogP contribution in [-0.4, -0.2) is 36.2 Å². The van der Waals surface area contributed by atoms with E-state index in [1.165, 1.54) is 0 Å². The van der Waals surface area contributed by atoms with Gasteiger partial charge in [-0.2, -0.15) is 0 Å². The lowest BCUT2D eigenvalue weighted by Gasteiger charge is -2.20. The van der Waals surface area contributed by atoms with E-state index in [-0.39, 0.29) is 6.42 Å². The largest absolute Gasteiger partial charge is 0.497 e. The molecule has 100 valence electrons. The minimum absolute atomic E-state index is 0.162. The second kappa shape index (κ2) is 7.38. The van der Waals surface area contributed by atoms with Gasteiger partial charge in [-0.05, 0) is 30.3 Å². The molecule has 0 heterocycles. The number of nitrogens with zero attached hydrogens (tertiary/aromatic N) is 1. The third-order valence-electron chi connectivity index (χ3n) is 2.74. The Hall–Kier alpha value is -1.07. The molecule has 0 aromatic heterocycles. The molecule has 0 aliphatic heterocycles. The topological polar surface area (TPSA) is 49.8 Å². The molecule has 5 heteroatoms. The highest BCUT2D eigenvalue weighted by Gasteiger charge is 2.09. The molecular formula is C13H18BrNO3. The Morgan fingerprint density at radius 3 is 2.78 bits per heavy atom. The Kier molecular flexibility index (Phi) is 6.15. The van der Waals surface area contributed by atoms with Crippen molar-refractivity contribution in [3.05, 3.63) is 28.2 Å². The van der Waals surface area contributed by atoms with E-state index in [1.807, 2.05) is 25.1 Å². The number of carbonyl (C=O) groups is 1. The molecule has 0 radical (unpaired) electrons. The minimum Gasteiger partial charge on any atom is -0.497 e. The summed E-state index contributed by atoms with van der Waals surface area (Å²) >= 11 is 3.50. The highest BCUT2D eigenvalue weighted by Crippen LogP contribution is 2.23. The van der Waals surface area contributed by atoms with Gasteiger partial charge in [-0.15, -0.1) is 0 Å². The van der Waals surface area contributed by atoms with Gasteiger partial charge in [-0.25, -0.2) is 0 Å². The third-order valence-corrected chi connectivity index (χ3v) is 3.51. The molecule has 1 aromatic rings. The summed E-state index contributed by atoms with van der Waals surface area (Å²) in [6.07, 6.45) is 0.162. The van der Waals surface area contributed by atoms with Crippen LogP contribution in [0, 0.1) is 0 Å². The number of rotatable bonds is 7. The first-order chi connectivity index (χ1) is 8.56. The Balaban J connectivity index is 2.71. The summed E-state index contributed by atoms with van der Waals surface area (Å²) in [4.78, 5) is 12.7. The smallest absolute Gasteiger partial charge is 0.304 e. The number of carboxylic acid groups (broad SMARTS) is 1. The minimum atomic E-state index is -0.766. The maximum absolute atomic E-state index is 10.6. The van der Waals surface area contributed by atoms with Gasteiger partial charge in [0.2, 0.25) is 0 Å². The average molecular weight is 316 g/mol. The van der Waals surface area contributed by atoms with Gasteiger partial charge < -0.3 is 9.84 Å². The second-order valence-electron chi connectivity index (χ2n) is 3.97. The van der Waals surface area contributed by atoms with Crippen molar-refractivity contribution in [3.8, 4) is 5.75 Å². The van der Waals surface area contributed by atoms with Crippen LogP contribution in [0.25, 0.3) is 0 Å². The molecule has 0 aliphatic carbocycles. The van der Waals surface area contributed by atoms with Crippen LogP contribution in [-0.2, 0) is 11.3 Å². The summed E-state index contributed by atoms with van der Waals surface area (Å²) in [7, 11) is 1.63. The zero-order valence-electron chi connectivity index (χ0n) is 10.6. The van der Waals surface area contributed by atoms with Crippen molar-refractivity contribution in [2.45, 2.75) is 19.9 Å². The lowest BCUT2D eigenvalue weighted by Crippen LogP contribution is -2.25. The average Bonchev–Trinajstić information content (AvgIpc) is 2.36. The molecule has 0 amide bonds. The van der Waals surface area contributed by atoms with Crippen molar-refractivity contribution in [1.29, 1.82) is 0 Å². The zero-order valence-corrected chi connectivity index (χ0v) is 12.2. The molecule has 0 saturated carbocycles. The van der Waals surface area contributed by atoms with Crippen molar-refractivity contribution in [2.24, 2.45) is 0 Å². The Morgan fingerprint density at radius 1 is 1.50 bits per heavy atom. The molecular weight excluding hydrogens is 298 g/mol. The normalized spacial score (nSPS) is 10.7. The zero-order chi connectivity index (χ0) is 13.5. The predicted molar refractivity (Wildman–Crippen MR) is 73.9 cm³/mol. The molecule has 0 bridgehead atoms. The molecule has 1 rings (SSSR count). The summed E-state index contributed by atoms with van der Waals surface area (Å²) in [5.74, 6) is 0.0423. The van der Waals surface area contributed by atoms with Crippen molar-refractivity contribution >= 4 is 21.9 Å². The standard InChI is InChI=1S/C13H18BrNO3/c1-3-15(7-6-13(16)17)9-10-8-11(18-2)4-5-12(10)14/h4-5,8H,3,6-7,9H2,1-2H3,(H,16,17). The quantitative estimate of drug-likeness (QED) is 0.840. The van der Waals surface area contributed by atoms with Gasteiger partial charge in [0.05, 0.1) is 13.5 Å². The molecule has 1 aromatic carbocycles. The molecule has 0 unspecified atom stereocenters. The van der Waals surface area contributed by atoms with Gasteiger partial charge in [0.25, 0.3) is 0 Å². The van der Waals surface area contributed by atoms with Crippen LogP contribution in [0.5, 0.6) is 5.75 Å². The van der Waals surface area contributed by atoms with E-state index >= 15 is 0 Å². The number of aliphatic carboxylic acids is 1. The lowest BCUT2D eigenvalue weighted by atomic mass is 10.2. The van der Waals surface area contributed by atoms with Crippen LogP contribution in [0.1, 0.15) is 18.9 Å².